The van der Waals surface area contributed by atoms with Crippen LogP contribution in [0.3, 0.4) is 0 Å². The molecule has 0 aromatic rings. The predicted octanol–water partition coefficient (Wildman–Crippen LogP) is 1.43. The Morgan fingerprint density at radius 1 is 1.22 bits per heavy atom. The minimum Gasteiger partial charge on any atom is -0.393 e. The van der Waals surface area contributed by atoms with E-state index in [-0.39, 0.29) is 12.0 Å². The molecule has 1 aliphatic carbocycles. The van der Waals surface area contributed by atoms with Gasteiger partial charge in [-0.2, -0.15) is 0 Å². The zero-order valence-electron chi connectivity index (χ0n) is 11.7. The van der Waals surface area contributed by atoms with Crippen molar-refractivity contribution >= 4 is 5.91 Å². The van der Waals surface area contributed by atoms with Crippen LogP contribution in [-0.4, -0.2) is 36.2 Å². The van der Waals surface area contributed by atoms with Gasteiger partial charge in [-0.1, -0.05) is 13.8 Å². The van der Waals surface area contributed by atoms with Crippen LogP contribution in [0, 0.1) is 5.92 Å². The number of rotatable bonds is 7. The van der Waals surface area contributed by atoms with Gasteiger partial charge in [-0.25, -0.2) is 0 Å². The minimum absolute atomic E-state index is 0.0968. The lowest BCUT2D eigenvalue weighted by atomic mass is 9.87. The molecule has 3 N–H and O–H groups in total. The summed E-state index contributed by atoms with van der Waals surface area (Å²) in [5.74, 6) is 0.717. The van der Waals surface area contributed by atoms with Gasteiger partial charge >= 0.3 is 0 Å². The fourth-order valence-corrected chi connectivity index (χ4v) is 2.51. The highest BCUT2D eigenvalue weighted by Crippen LogP contribution is 2.23. The Bertz CT molecular complexity index is 234. The highest BCUT2D eigenvalue weighted by Gasteiger charge is 2.19. The first-order valence-electron chi connectivity index (χ1n) is 7.33. The standard InChI is InChI=1S/C14H28N2O2/c1-3-12(4-2)16-14(18)10-15-9-11-5-7-13(17)8-6-11/h11-13,15,17H,3-10H2,1-2H3,(H,16,18). The summed E-state index contributed by atoms with van der Waals surface area (Å²) >= 11 is 0. The first-order valence-corrected chi connectivity index (χ1v) is 7.33. The molecule has 1 rings (SSSR count). The van der Waals surface area contributed by atoms with Gasteiger partial charge in [0.25, 0.3) is 0 Å². The molecule has 0 atom stereocenters. The molecule has 4 nitrogen and oxygen atoms in total. The predicted molar refractivity (Wildman–Crippen MR) is 73.3 cm³/mol. The van der Waals surface area contributed by atoms with Gasteiger partial charge in [-0.15, -0.1) is 0 Å². The molecule has 1 saturated carbocycles. The molecule has 0 bridgehead atoms. The number of aliphatic hydroxyl groups excluding tert-OH is 1. The van der Waals surface area contributed by atoms with Crippen molar-refractivity contribution < 1.29 is 9.90 Å². The van der Waals surface area contributed by atoms with E-state index in [9.17, 15) is 9.90 Å². The second kappa shape index (κ2) is 8.48. The molecule has 0 aliphatic heterocycles. The van der Waals surface area contributed by atoms with Crippen LogP contribution >= 0.6 is 0 Å². The third-order valence-corrected chi connectivity index (χ3v) is 3.89. The molecular weight excluding hydrogens is 228 g/mol. The Labute approximate surface area is 111 Å². The second-order valence-electron chi connectivity index (χ2n) is 5.39. The van der Waals surface area contributed by atoms with E-state index in [1.165, 1.54) is 0 Å². The number of hydrogen-bond acceptors (Lipinski definition) is 3. The fourth-order valence-electron chi connectivity index (χ4n) is 2.51. The van der Waals surface area contributed by atoms with Crippen LogP contribution in [0.1, 0.15) is 52.4 Å². The molecule has 1 aliphatic rings. The lowest BCUT2D eigenvalue weighted by Crippen LogP contribution is -2.41. The van der Waals surface area contributed by atoms with Crippen LogP contribution in [0.2, 0.25) is 0 Å². The van der Waals surface area contributed by atoms with Crippen molar-refractivity contribution in [3.05, 3.63) is 0 Å². The summed E-state index contributed by atoms with van der Waals surface area (Å²) in [4.78, 5) is 11.7. The summed E-state index contributed by atoms with van der Waals surface area (Å²) < 4.78 is 0. The highest BCUT2D eigenvalue weighted by molar-refractivity contribution is 5.78. The summed E-state index contributed by atoms with van der Waals surface area (Å²) in [5.41, 5.74) is 0. The maximum Gasteiger partial charge on any atom is 0.234 e. The van der Waals surface area contributed by atoms with E-state index in [4.69, 9.17) is 0 Å². The Kier molecular flexibility index (Phi) is 7.28. The Balaban J connectivity index is 2.08. The van der Waals surface area contributed by atoms with Crippen molar-refractivity contribution in [2.75, 3.05) is 13.1 Å². The third-order valence-electron chi connectivity index (χ3n) is 3.89. The Hall–Kier alpha value is -0.610. The first-order chi connectivity index (χ1) is 8.65. The molecule has 0 aromatic heterocycles. The largest absolute Gasteiger partial charge is 0.393 e. The summed E-state index contributed by atoms with van der Waals surface area (Å²) in [6.45, 7) is 5.49. The Morgan fingerprint density at radius 2 is 1.83 bits per heavy atom. The number of amides is 1. The summed E-state index contributed by atoms with van der Waals surface area (Å²) in [5, 5.41) is 15.7. The quantitative estimate of drug-likeness (QED) is 0.646. The summed E-state index contributed by atoms with van der Waals surface area (Å²) in [6.07, 6.45) is 5.84. The topological polar surface area (TPSA) is 61.4 Å². The molecule has 1 amide bonds. The van der Waals surface area contributed by atoms with Gasteiger partial charge < -0.3 is 15.7 Å². The molecule has 4 heteroatoms. The van der Waals surface area contributed by atoms with E-state index in [1.54, 1.807) is 0 Å². The maximum absolute atomic E-state index is 11.7. The van der Waals surface area contributed by atoms with E-state index in [1.807, 2.05) is 0 Å². The summed E-state index contributed by atoms with van der Waals surface area (Å²) in [6, 6.07) is 0.309. The molecule has 0 heterocycles. The molecular formula is C14H28N2O2. The van der Waals surface area contributed by atoms with Crippen molar-refractivity contribution in [3.8, 4) is 0 Å². The number of hydrogen-bond donors (Lipinski definition) is 3. The zero-order valence-corrected chi connectivity index (χ0v) is 11.7. The molecule has 106 valence electrons. The molecule has 1 fully saturated rings. The zero-order chi connectivity index (χ0) is 13.4. The van der Waals surface area contributed by atoms with Crippen molar-refractivity contribution in [3.63, 3.8) is 0 Å². The average molecular weight is 256 g/mol. The molecule has 18 heavy (non-hydrogen) atoms. The van der Waals surface area contributed by atoms with Gasteiger partial charge in [0, 0.05) is 6.04 Å². The van der Waals surface area contributed by atoms with Crippen molar-refractivity contribution in [2.24, 2.45) is 5.92 Å². The fraction of sp³-hybridized carbons (Fsp3) is 0.929. The highest BCUT2D eigenvalue weighted by atomic mass is 16.3. The number of nitrogens with one attached hydrogen (secondary N) is 2. The molecule has 0 aromatic carbocycles. The van der Waals surface area contributed by atoms with Crippen LogP contribution in [0.15, 0.2) is 0 Å². The third kappa shape index (κ3) is 5.83. The van der Waals surface area contributed by atoms with Gasteiger partial charge in [0.05, 0.1) is 12.6 Å². The van der Waals surface area contributed by atoms with Crippen molar-refractivity contribution in [1.82, 2.24) is 10.6 Å². The van der Waals surface area contributed by atoms with Gasteiger partial charge in [-0.05, 0) is 51.0 Å². The van der Waals surface area contributed by atoms with E-state index in [2.05, 4.69) is 24.5 Å². The van der Waals surface area contributed by atoms with E-state index in [0.717, 1.165) is 45.1 Å². The first kappa shape index (κ1) is 15.4. The number of carbonyl (C=O) groups excluding carboxylic acids is 1. The molecule has 0 unspecified atom stereocenters. The van der Waals surface area contributed by atoms with Gasteiger partial charge in [0.15, 0.2) is 0 Å². The van der Waals surface area contributed by atoms with Crippen LogP contribution in [0.4, 0.5) is 0 Å². The smallest absolute Gasteiger partial charge is 0.234 e. The van der Waals surface area contributed by atoms with Crippen LogP contribution in [0.5, 0.6) is 0 Å². The SMILES string of the molecule is CCC(CC)NC(=O)CNCC1CCC(O)CC1. The van der Waals surface area contributed by atoms with Gasteiger partial charge in [0.1, 0.15) is 0 Å². The molecule has 0 spiro atoms. The lowest BCUT2D eigenvalue weighted by Gasteiger charge is -2.25. The second-order valence-corrected chi connectivity index (χ2v) is 5.39. The monoisotopic (exact) mass is 256 g/mol. The van der Waals surface area contributed by atoms with Crippen molar-refractivity contribution in [2.45, 2.75) is 64.5 Å². The van der Waals surface area contributed by atoms with Gasteiger partial charge in [0.2, 0.25) is 5.91 Å². The molecule has 0 saturated heterocycles. The Morgan fingerprint density at radius 3 is 2.39 bits per heavy atom. The molecule has 0 radical (unpaired) electrons. The van der Waals surface area contributed by atoms with E-state index in [0.29, 0.717) is 18.5 Å². The number of aliphatic hydroxyl groups is 1. The van der Waals surface area contributed by atoms with E-state index < -0.39 is 0 Å². The number of carbonyl (C=O) groups is 1. The van der Waals surface area contributed by atoms with Crippen LogP contribution < -0.4 is 10.6 Å². The van der Waals surface area contributed by atoms with E-state index >= 15 is 0 Å². The average Bonchev–Trinajstić information content (AvgIpc) is 2.38. The van der Waals surface area contributed by atoms with Crippen LogP contribution in [-0.2, 0) is 4.79 Å². The van der Waals surface area contributed by atoms with Crippen LogP contribution in [0.25, 0.3) is 0 Å². The van der Waals surface area contributed by atoms with Gasteiger partial charge in [-0.3, -0.25) is 4.79 Å². The van der Waals surface area contributed by atoms with Crippen molar-refractivity contribution in [1.29, 1.82) is 0 Å². The maximum atomic E-state index is 11.7. The summed E-state index contributed by atoms with van der Waals surface area (Å²) in [7, 11) is 0. The normalized spacial score (nSPS) is 24.2. The lowest BCUT2D eigenvalue weighted by molar-refractivity contribution is -0.121. The minimum atomic E-state index is -0.0978.